The van der Waals surface area contributed by atoms with Gasteiger partial charge in [0.2, 0.25) is 0 Å². The molecule has 1 aromatic rings. The minimum atomic E-state index is -1.04. The number of aliphatic hydroxyl groups is 2. The van der Waals surface area contributed by atoms with Gasteiger partial charge in [0, 0.05) is 5.56 Å². The lowest BCUT2D eigenvalue weighted by molar-refractivity contribution is 0.0415. The van der Waals surface area contributed by atoms with E-state index in [0.717, 1.165) is 0 Å². The number of aliphatic hydroxyl groups excluding tert-OH is 2. The zero-order valence-electron chi connectivity index (χ0n) is 13.7. The third-order valence-electron chi connectivity index (χ3n) is 3.18. The maximum Gasteiger partial charge on any atom is 0.407 e. The summed E-state index contributed by atoms with van der Waals surface area (Å²) in [7, 11) is 0. The Morgan fingerprint density at radius 1 is 1.39 bits per heavy atom. The van der Waals surface area contributed by atoms with Crippen LogP contribution in [0.2, 0.25) is 0 Å². The summed E-state index contributed by atoms with van der Waals surface area (Å²) in [5.41, 5.74) is 5.65. The summed E-state index contributed by atoms with van der Waals surface area (Å²) in [6, 6.07) is 3.75. The molecule has 0 saturated carbocycles. The molecular formula is C16H26N2O5. The molecule has 0 bridgehead atoms. The third-order valence-corrected chi connectivity index (χ3v) is 3.18. The molecular weight excluding hydrogens is 300 g/mol. The molecule has 0 aliphatic heterocycles. The zero-order valence-corrected chi connectivity index (χ0v) is 13.7. The second-order valence-electron chi connectivity index (χ2n) is 6.32. The summed E-state index contributed by atoms with van der Waals surface area (Å²) in [6.07, 6.45) is -1.34. The van der Waals surface area contributed by atoms with Crippen LogP contribution in [0.4, 0.5) is 4.79 Å². The fraction of sp³-hybridized carbons (Fsp3) is 0.562. The molecule has 0 spiro atoms. The lowest BCUT2D eigenvalue weighted by Gasteiger charge is -2.27. The maximum absolute atomic E-state index is 11.9. The first-order valence-corrected chi connectivity index (χ1v) is 7.48. The highest BCUT2D eigenvalue weighted by molar-refractivity contribution is 5.68. The second kappa shape index (κ2) is 8.14. The number of carbonyl (C=O) groups excluding carboxylic acids is 1. The zero-order chi connectivity index (χ0) is 17.6. The molecule has 0 aliphatic rings. The Bertz CT molecular complexity index is 528. The average molecular weight is 326 g/mol. The van der Waals surface area contributed by atoms with Crippen LogP contribution < -0.4 is 11.1 Å². The molecule has 0 aliphatic carbocycles. The van der Waals surface area contributed by atoms with Crippen molar-refractivity contribution in [2.45, 2.75) is 51.5 Å². The molecule has 0 fully saturated rings. The van der Waals surface area contributed by atoms with Crippen molar-refractivity contribution >= 4 is 6.09 Å². The SMILES string of the molecule is CC(C)(C)OC(=O)NC(CCN)C(O)c1ccc(O)c(CO)c1. The van der Waals surface area contributed by atoms with Gasteiger partial charge in [0.1, 0.15) is 11.4 Å². The van der Waals surface area contributed by atoms with E-state index in [9.17, 15) is 20.1 Å². The van der Waals surface area contributed by atoms with Gasteiger partial charge in [-0.2, -0.15) is 0 Å². The number of nitrogens with one attached hydrogen (secondary N) is 1. The fourth-order valence-electron chi connectivity index (χ4n) is 2.10. The molecule has 2 unspecified atom stereocenters. The van der Waals surface area contributed by atoms with Crippen LogP contribution in [0.1, 0.15) is 44.4 Å². The van der Waals surface area contributed by atoms with E-state index in [1.54, 1.807) is 20.8 Å². The topological polar surface area (TPSA) is 125 Å². The van der Waals surface area contributed by atoms with Crippen LogP contribution in [0.3, 0.4) is 0 Å². The summed E-state index contributed by atoms with van der Waals surface area (Å²) in [4.78, 5) is 11.9. The highest BCUT2D eigenvalue weighted by Crippen LogP contribution is 2.25. The van der Waals surface area contributed by atoms with Crippen molar-refractivity contribution in [3.8, 4) is 5.75 Å². The van der Waals surface area contributed by atoms with Crippen LogP contribution in [0.5, 0.6) is 5.75 Å². The second-order valence-corrected chi connectivity index (χ2v) is 6.32. The molecule has 6 N–H and O–H groups in total. The molecule has 23 heavy (non-hydrogen) atoms. The lowest BCUT2D eigenvalue weighted by atomic mass is 9.98. The molecule has 1 aromatic carbocycles. The molecule has 7 heteroatoms. The largest absolute Gasteiger partial charge is 0.508 e. The van der Waals surface area contributed by atoms with Gasteiger partial charge >= 0.3 is 6.09 Å². The number of phenols is 1. The molecule has 7 nitrogen and oxygen atoms in total. The Balaban J connectivity index is 2.89. The van der Waals surface area contributed by atoms with Crippen molar-refractivity contribution in [1.29, 1.82) is 0 Å². The first-order valence-electron chi connectivity index (χ1n) is 7.48. The lowest BCUT2D eigenvalue weighted by Crippen LogP contribution is -2.43. The number of rotatable bonds is 6. The van der Waals surface area contributed by atoms with Gasteiger partial charge < -0.3 is 31.1 Å². The van der Waals surface area contributed by atoms with Crippen LogP contribution in [0, 0.1) is 0 Å². The quantitative estimate of drug-likeness (QED) is 0.534. The van der Waals surface area contributed by atoms with E-state index in [1.807, 2.05) is 0 Å². The number of alkyl carbamates (subject to hydrolysis) is 1. The Hall–Kier alpha value is -1.83. The highest BCUT2D eigenvalue weighted by Gasteiger charge is 2.25. The van der Waals surface area contributed by atoms with Crippen LogP contribution in [-0.4, -0.2) is 39.6 Å². The summed E-state index contributed by atoms with van der Waals surface area (Å²) in [5, 5.41) is 31.9. The van der Waals surface area contributed by atoms with E-state index in [4.69, 9.17) is 10.5 Å². The standard InChI is InChI=1S/C16H26N2O5/c1-16(2,3)23-15(22)18-12(6-7-17)14(21)10-4-5-13(20)11(8-10)9-19/h4-5,8,12,14,19-21H,6-7,9,17H2,1-3H3,(H,18,22). The van der Waals surface area contributed by atoms with E-state index in [2.05, 4.69) is 5.32 Å². The Morgan fingerprint density at radius 3 is 2.57 bits per heavy atom. The average Bonchev–Trinajstić information content (AvgIpc) is 2.44. The summed E-state index contributed by atoms with van der Waals surface area (Å²) >= 11 is 0. The molecule has 0 radical (unpaired) electrons. The minimum absolute atomic E-state index is 0.0565. The van der Waals surface area contributed by atoms with Crippen LogP contribution in [0.15, 0.2) is 18.2 Å². The van der Waals surface area contributed by atoms with E-state index in [-0.39, 0.29) is 18.9 Å². The smallest absolute Gasteiger partial charge is 0.407 e. The minimum Gasteiger partial charge on any atom is -0.508 e. The van der Waals surface area contributed by atoms with Crippen LogP contribution in [-0.2, 0) is 11.3 Å². The predicted molar refractivity (Wildman–Crippen MR) is 85.8 cm³/mol. The van der Waals surface area contributed by atoms with Gasteiger partial charge in [-0.15, -0.1) is 0 Å². The monoisotopic (exact) mass is 326 g/mol. The Labute approximate surface area is 136 Å². The number of ether oxygens (including phenoxy) is 1. The molecule has 0 heterocycles. The number of aromatic hydroxyl groups is 1. The number of carbonyl (C=O) groups is 1. The van der Waals surface area contributed by atoms with E-state index >= 15 is 0 Å². The predicted octanol–water partition coefficient (Wildman–Crippen LogP) is 1.16. The van der Waals surface area contributed by atoms with E-state index in [0.29, 0.717) is 17.5 Å². The van der Waals surface area contributed by atoms with Crippen molar-refractivity contribution in [3.05, 3.63) is 29.3 Å². The van der Waals surface area contributed by atoms with Gasteiger partial charge in [-0.3, -0.25) is 0 Å². The van der Waals surface area contributed by atoms with Crippen molar-refractivity contribution in [2.75, 3.05) is 6.54 Å². The van der Waals surface area contributed by atoms with Crippen molar-refractivity contribution in [3.63, 3.8) is 0 Å². The van der Waals surface area contributed by atoms with Gasteiger partial charge in [0.05, 0.1) is 18.8 Å². The number of amides is 1. The van der Waals surface area contributed by atoms with Crippen molar-refractivity contribution in [1.82, 2.24) is 5.32 Å². The van der Waals surface area contributed by atoms with Gasteiger partial charge in [-0.1, -0.05) is 6.07 Å². The van der Waals surface area contributed by atoms with Crippen LogP contribution >= 0.6 is 0 Å². The first kappa shape index (κ1) is 19.2. The van der Waals surface area contributed by atoms with Crippen molar-refractivity contribution < 1.29 is 24.9 Å². The summed E-state index contributed by atoms with van der Waals surface area (Å²) < 4.78 is 5.18. The number of nitrogens with two attached hydrogens (primary N) is 1. The van der Waals surface area contributed by atoms with Gasteiger partial charge in [-0.25, -0.2) is 4.79 Å². The first-order chi connectivity index (χ1) is 10.7. The molecule has 1 rings (SSSR count). The Kier molecular flexibility index (Phi) is 6.80. The molecule has 2 atom stereocenters. The molecule has 0 saturated heterocycles. The maximum atomic E-state index is 11.9. The fourth-order valence-corrected chi connectivity index (χ4v) is 2.10. The normalized spacial score (nSPS) is 14.2. The van der Waals surface area contributed by atoms with Gasteiger partial charge in [-0.05, 0) is 51.4 Å². The van der Waals surface area contributed by atoms with E-state index in [1.165, 1.54) is 18.2 Å². The third kappa shape index (κ3) is 6.05. The number of benzene rings is 1. The summed E-state index contributed by atoms with van der Waals surface area (Å²) in [6.45, 7) is 5.15. The number of hydrogen-bond acceptors (Lipinski definition) is 6. The Morgan fingerprint density at radius 2 is 2.04 bits per heavy atom. The molecule has 1 amide bonds. The van der Waals surface area contributed by atoms with E-state index < -0.39 is 23.8 Å². The van der Waals surface area contributed by atoms with Crippen molar-refractivity contribution in [2.24, 2.45) is 5.73 Å². The van der Waals surface area contributed by atoms with Gasteiger partial charge in [0.15, 0.2) is 0 Å². The summed E-state index contributed by atoms with van der Waals surface area (Å²) in [5.74, 6) is -0.0565. The highest BCUT2D eigenvalue weighted by atomic mass is 16.6. The number of hydrogen-bond donors (Lipinski definition) is 5. The van der Waals surface area contributed by atoms with Gasteiger partial charge in [0.25, 0.3) is 0 Å². The molecule has 130 valence electrons. The van der Waals surface area contributed by atoms with Crippen LogP contribution in [0.25, 0.3) is 0 Å². The molecule has 0 aromatic heterocycles.